The average Bonchev–Trinajstić information content (AvgIpc) is 3.35. The van der Waals surface area contributed by atoms with Gasteiger partial charge < -0.3 is 21.1 Å². The second kappa shape index (κ2) is 10.2. The molecule has 1 aliphatic heterocycles. The molecule has 8 nitrogen and oxygen atoms in total. The lowest BCUT2D eigenvalue weighted by atomic mass is 9.97. The van der Waals surface area contributed by atoms with E-state index in [0.717, 1.165) is 43.5 Å². The topological polar surface area (TPSA) is 105 Å². The minimum absolute atomic E-state index is 0.0180. The van der Waals surface area contributed by atoms with Crippen molar-refractivity contribution in [1.29, 1.82) is 0 Å². The van der Waals surface area contributed by atoms with Crippen LogP contribution < -0.4 is 11.1 Å². The number of aliphatic hydroxyl groups excluding tert-OH is 1. The van der Waals surface area contributed by atoms with Gasteiger partial charge in [-0.15, -0.1) is 0 Å². The average molecular weight is 574 g/mol. The highest BCUT2D eigenvalue weighted by Gasteiger charge is 2.57. The van der Waals surface area contributed by atoms with E-state index in [9.17, 15) is 27.1 Å². The van der Waals surface area contributed by atoms with E-state index >= 15 is 0 Å². The van der Waals surface area contributed by atoms with E-state index in [4.69, 9.17) is 10.7 Å². The Morgan fingerprint density at radius 1 is 1.12 bits per heavy atom. The van der Waals surface area contributed by atoms with Crippen molar-refractivity contribution in [1.82, 2.24) is 24.3 Å². The first-order valence-electron chi connectivity index (χ1n) is 13.3. The molecule has 41 heavy (non-hydrogen) atoms. The summed E-state index contributed by atoms with van der Waals surface area (Å²) < 4.78 is 68.0. The Morgan fingerprint density at radius 2 is 1.88 bits per heavy atom. The number of benzene rings is 1. The van der Waals surface area contributed by atoms with Crippen molar-refractivity contribution < 1.29 is 27.1 Å². The zero-order chi connectivity index (χ0) is 28.9. The number of fused-ring (bicyclic) bond motifs is 1. The summed E-state index contributed by atoms with van der Waals surface area (Å²) in [7, 11) is 0. The maximum absolute atomic E-state index is 13.5. The van der Waals surface area contributed by atoms with E-state index in [-0.39, 0.29) is 24.0 Å². The quantitative estimate of drug-likeness (QED) is 0.203. The van der Waals surface area contributed by atoms with Crippen molar-refractivity contribution in [3.63, 3.8) is 0 Å². The van der Waals surface area contributed by atoms with Crippen LogP contribution in [-0.4, -0.2) is 54.9 Å². The summed E-state index contributed by atoms with van der Waals surface area (Å²) in [6.07, 6.45) is 0.235. The minimum atomic E-state index is -4.53. The van der Waals surface area contributed by atoms with Crippen LogP contribution in [0.4, 0.5) is 33.6 Å². The third-order valence-corrected chi connectivity index (χ3v) is 7.79. The van der Waals surface area contributed by atoms with Crippen molar-refractivity contribution in [3.8, 4) is 11.3 Å². The molecule has 4 N–H and O–H groups in total. The van der Waals surface area contributed by atoms with Crippen LogP contribution in [0.15, 0.2) is 55.0 Å². The molecule has 0 radical (unpaired) electrons. The third-order valence-electron chi connectivity index (χ3n) is 7.79. The third kappa shape index (κ3) is 5.55. The van der Waals surface area contributed by atoms with E-state index in [1.165, 1.54) is 0 Å². The summed E-state index contributed by atoms with van der Waals surface area (Å²) in [6.45, 7) is 1.77. The van der Waals surface area contributed by atoms with Crippen LogP contribution in [0.2, 0.25) is 0 Å². The number of nitrogens with two attached hydrogens (primary N) is 1. The van der Waals surface area contributed by atoms with Gasteiger partial charge in [0.15, 0.2) is 6.23 Å². The molecule has 2 fully saturated rings. The molecule has 1 aliphatic carbocycles. The molecule has 0 bridgehead atoms. The first-order chi connectivity index (χ1) is 19.5. The Morgan fingerprint density at radius 3 is 2.59 bits per heavy atom. The molecule has 0 amide bonds. The highest BCUT2D eigenvalue weighted by molar-refractivity contribution is 5.85. The Kier molecular flexibility index (Phi) is 6.81. The van der Waals surface area contributed by atoms with Gasteiger partial charge in [-0.25, -0.2) is 23.7 Å². The molecule has 13 heteroatoms. The summed E-state index contributed by atoms with van der Waals surface area (Å²) in [4.78, 5) is 15.1. The summed E-state index contributed by atoms with van der Waals surface area (Å²) in [5, 5.41) is 13.2. The van der Waals surface area contributed by atoms with Crippen LogP contribution in [0.1, 0.15) is 48.4 Å². The number of hydrogen-bond donors (Lipinski definition) is 3. The van der Waals surface area contributed by atoms with Crippen molar-refractivity contribution in [2.24, 2.45) is 5.92 Å². The second-order valence-electron chi connectivity index (χ2n) is 10.7. The number of halogens is 5. The van der Waals surface area contributed by atoms with E-state index in [1.807, 2.05) is 4.40 Å². The van der Waals surface area contributed by atoms with Crippen LogP contribution in [0.5, 0.6) is 0 Å². The van der Waals surface area contributed by atoms with Gasteiger partial charge in [0, 0.05) is 61.1 Å². The number of pyridine rings is 1. The van der Waals surface area contributed by atoms with Crippen LogP contribution in [0, 0.1) is 5.92 Å². The molecule has 3 atom stereocenters. The van der Waals surface area contributed by atoms with Gasteiger partial charge >= 0.3 is 6.18 Å². The predicted octanol–water partition coefficient (Wildman–Crippen LogP) is 5.33. The van der Waals surface area contributed by atoms with E-state index in [2.05, 4.69) is 20.2 Å². The Bertz CT molecular complexity index is 1560. The van der Waals surface area contributed by atoms with Crippen LogP contribution in [-0.2, 0) is 6.18 Å². The fourth-order valence-electron chi connectivity index (χ4n) is 5.52. The molecule has 1 saturated carbocycles. The summed E-state index contributed by atoms with van der Waals surface area (Å²) in [5.41, 5.74) is 7.71. The number of hydrogen-bond acceptors (Lipinski definition) is 7. The number of rotatable bonds is 7. The van der Waals surface area contributed by atoms with Crippen molar-refractivity contribution >= 4 is 17.2 Å². The smallest absolute Gasteiger partial charge is 0.382 e. The fraction of sp³-hybridized carbons (Fsp3) is 0.393. The summed E-state index contributed by atoms with van der Waals surface area (Å²) in [6, 6.07) is 8.43. The molecule has 1 saturated heterocycles. The number of piperidine rings is 1. The molecule has 216 valence electrons. The van der Waals surface area contributed by atoms with Gasteiger partial charge in [0.25, 0.3) is 5.92 Å². The molecule has 1 unspecified atom stereocenters. The van der Waals surface area contributed by atoms with Gasteiger partial charge in [-0.05, 0) is 31.5 Å². The molecule has 4 aromatic rings. The SMILES string of the molecule is Nc1nccn2c([C@@H]3CCCN(C[C@H]4CC4(F)F)C3)nc(-c3ccc(C(O)Nc4cc(C(F)(F)F)ccn4)cc3)c12. The van der Waals surface area contributed by atoms with Gasteiger partial charge in [-0.2, -0.15) is 13.2 Å². The monoisotopic (exact) mass is 573 g/mol. The maximum atomic E-state index is 13.5. The van der Waals surface area contributed by atoms with E-state index in [0.29, 0.717) is 35.4 Å². The second-order valence-corrected chi connectivity index (χ2v) is 10.7. The van der Waals surface area contributed by atoms with Crippen molar-refractivity contribution in [3.05, 3.63) is 71.9 Å². The number of likely N-dealkylation sites (tertiary alicyclic amines) is 1. The van der Waals surface area contributed by atoms with Crippen LogP contribution >= 0.6 is 0 Å². The number of alkyl halides is 5. The lowest BCUT2D eigenvalue weighted by molar-refractivity contribution is -0.137. The molecule has 6 rings (SSSR count). The molecule has 2 aliphatic rings. The highest BCUT2D eigenvalue weighted by Crippen LogP contribution is 2.49. The van der Waals surface area contributed by atoms with Crippen molar-refractivity contribution in [2.75, 3.05) is 30.7 Å². The van der Waals surface area contributed by atoms with Gasteiger partial charge in [-0.1, -0.05) is 24.3 Å². The molecule has 0 spiro atoms. The van der Waals surface area contributed by atoms with E-state index < -0.39 is 29.8 Å². The van der Waals surface area contributed by atoms with Gasteiger partial charge in [0.2, 0.25) is 0 Å². The van der Waals surface area contributed by atoms with Gasteiger partial charge in [-0.3, -0.25) is 4.40 Å². The summed E-state index contributed by atoms with van der Waals surface area (Å²) >= 11 is 0. The molecular weight excluding hydrogens is 545 g/mol. The zero-order valence-corrected chi connectivity index (χ0v) is 21.8. The minimum Gasteiger partial charge on any atom is -0.382 e. The standard InChI is InChI=1S/C28H28F5N7O/c29-27(30)13-20(27)15-39-10-1-2-18(14-39)25-38-22(23-24(34)36-9-11-40(23)25)16-3-5-17(6-4-16)26(41)37-21-12-19(7-8-35-21)28(31,32)33/h3-9,11-12,18,20,26,41H,1-2,10,13-15H2,(H2,34,36)(H,35,37)/t18-,20-,26?/m1/s1. The Balaban J connectivity index is 1.24. The normalized spacial score (nSPS) is 21.6. The first-order valence-corrected chi connectivity index (χ1v) is 13.3. The van der Waals surface area contributed by atoms with Crippen molar-refractivity contribution in [2.45, 2.75) is 43.5 Å². The van der Waals surface area contributed by atoms with E-state index in [1.54, 1.807) is 36.7 Å². The summed E-state index contributed by atoms with van der Waals surface area (Å²) in [5.74, 6) is -2.18. The molecular formula is C28H28F5N7O. The zero-order valence-electron chi connectivity index (χ0n) is 21.8. The number of nitrogens with one attached hydrogen (secondary N) is 1. The Labute approximate surface area is 232 Å². The number of aromatic nitrogens is 4. The van der Waals surface area contributed by atoms with Gasteiger partial charge in [0.1, 0.15) is 28.7 Å². The number of anilines is 2. The predicted molar refractivity (Wildman–Crippen MR) is 142 cm³/mol. The number of nitrogens with zero attached hydrogens (tertiary/aromatic N) is 5. The first kappa shape index (κ1) is 27.3. The Hall–Kier alpha value is -3.84. The molecule has 1 aromatic carbocycles. The lowest BCUT2D eigenvalue weighted by Gasteiger charge is -2.32. The largest absolute Gasteiger partial charge is 0.416 e. The molecule has 4 heterocycles. The lowest BCUT2D eigenvalue weighted by Crippen LogP contribution is -2.37. The number of imidazole rings is 1. The van der Waals surface area contributed by atoms with Crippen LogP contribution in [0.25, 0.3) is 16.8 Å². The maximum Gasteiger partial charge on any atom is 0.416 e. The number of aliphatic hydroxyl groups is 1. The van der Waals surface area contributed by atoms with Gasteiger partial charge in [0.05, 0.1) is 5.56 Å². The van der Waals surface area contributed by atoms with Crippen LogP contribution in [0.3, 0.4) is 0 Å². The molecule has 3 aromatic heterocycles. The highest BCUT2D eigenvalue weighted by atomic mass is 19.4. The fourth-order valence-corrected chi connectivity index (χ4v) is 5.52. The number of nitrogen functional groups attached to an aromatic ring is 1.